The number of ether oxygens (including phenoxy) is 1. The molecule has 1 amide bonds. The van der Waals surface area contributed by atoms with Gasteiger partial charge >= 0.3 is 0 Å². The van der Waals surface area contributed by atoms with Crippen molar-refractivity contribution in [1.29, 1.82) is 0 Å². The second kappa shape index (κ2) is 9.15. The van der Waals surface area contributed by atoms with Gasteiger partial charge in [0.1, 0.15) is 23.8 Å². The number of carbonyl (C=O) groups is 1. The molecular formula is C21H17ClN4O3S. The highest BCUT2D eigenvalue weighted by atomic mass is 35.5. The van der Waals surface area contributed by atoms with Crippen LogP contribution in [-0.4, -0.2) is 28.0 Å². The smallest absolute Gasteiger partial charge is 0.236 e. The Morgan fingerprint density at radius 3 is 2.87 bits per heavy atom. The number of aryl methyl sites for hydroxylation is 1. The minimum atomic E-state index is -0.0724. The van der Waals surface area contributed by atoms with E-state index >= 15 is 0 Å². The predicted molar refractivity (Wildman–Crippen MR) is 118 cm³/mol. The second-order valence-electron chi connectivity index (χ2n) is 6.31. The van der Waals surface area contributed by atoms with E-state index in [1.165, 1.54) is 11.8 Å². The van der Waals surface area contributed by atoms with E-state index in [9.17, 15) is 4.79 Å². The van der Waals surface area contributed by atoms with Crippen LogP contribution < -0.4 is 10.1 Å². The third-order valence-electron chi connectivity index (χ3n) is 4.21. The lowest BCUT2D eigenvalue weighted by Crippen LogP contribution is -2.19. The number of carbonyl (C=O) groups excluding carboxylic acids is 1. The van der Waals surface area contributed by atoms with Crippen LogP contribution in [0.15, 0.2) is 63.2 Å². The van der Waals surface area contributed by atoms with Crippen molar-refractivity contribution in [2.45, 2.75) is 13.5 Å². The molecule has 7 nitrogen and oxygen atoms in total. The SMILES string of the molecule is Cc1oc(-c2ccccc2Cl)nc1COc1ccccc1C=NN=C1NC(=O)CS1. The average molecular weight is 441 g/mol. The maximum Gasteiger partial charge on any atom is 0.236 e. The first kappa shape index (κ1) is 20.2. The molecule has 1 saturated heterocycles. The normalized spacial score (nSPS) is 15.1. The molecule has 1 N–H and O–H groups in total. The Hall–Kier alpha value is -3.10. The standard InChI is InChI=1S/C21H17ClN4O3S/c1-13-17(24-20(29-13)15-7-3-4-8-16(15)22)11-28-18-9-5-2-6-14(18)10-23-26-21-25-19(27)12-30-21/h2-10H,11-12H2,1H3,(H,25,26,27). The summed E-state index contributed by atoms with van der Waals surface area (Å²) in [7, 11) is 0. The summed E-state index contributed by atoms with van der Waals surface area (Å²) >= 11 is 7.55. The molecule has 0 aliphatic carbocycles. The molecule has 152 valence electrons. The predicted octanol–water partition coefficient (Wildman–Crippen LogP) is 4.44. The number of nitrogens with zero attached hydrogens (tertiary/aromatic N) is 3. The van der Waals surface area contributed by atoms with Crippen LogP contribution in [0.5, 0.6) is 5.75 Å². The Bertz CT molecular complexity index is 1140. The summed E-state index contributed by atoms with van der Waals surface area (Å²) < 4.78 is 11.7. The second-order valence-corrected chi connectivity index (χ2v) is 7.69. The highest BCUT2D eigenvalue weighted by Crippen LogP contribution is 2.29. The number of rotatable bonds is 6. The van der Waals surface area contributed by atoms with Gasteiger partial charge in [-0.3, -0.25) is 4.79 Å². The zero-order chi connectivity index (χ0) is 20.9. The van der Waals surface area contributed by atoms with Crippen molar-refractivity contribution in [3.8, 4) is 17.2 Å². The lowest BCUT2D eigenvalue weighted by Gasteiger charge is -2.07. The summed E-state index contributed by atoms with van der Waals surface area (Å²) in [6.45, 7) is 2.06. The van der Waals surface area contributed by atoms with Gasteiger partial charge in [0.2, 0.25) is 11.8 Å². The van der Waals surface area contributed by atoms with E-state index in [1.807, 2.05) is 49.4 Å². The molecule has 0 atom stereocenters. The molecule has 1 aliphatic heterocycles. The van der Waals surface area contributed by atoms with Crippen molar-refractivity contribution in [1.82, 2.24) is 10.3 Å². The summed E-state index contributed by atoms with van der Waals surface area (Å²) in [6.07, 6.45) is 1.58. The Morgan fingerprint density at radius 2 is 2.07 bits per heavy atom. The van der Waals surface area contributed by atoms with Crippen molar-refractivity contribution >= 4 is 40.7 Å². The van der Waals surface area contributed by atoms with E-state index in [0.29, 0.717) is 39.0 Å². The molecule has 0 saturated carbocycles. The van der Waals surface area contributed by atoms with Crippen LogP contribution in [0.4, 0.5) is 0 Å². The average Bonchev–Trinajstić information content (AvgIpc) is 3.32. The summed E-state index contributed by atoms with van der Waals surface area (Å²) in [4.78, 5) is 15.7. The monoisotopic (exact) mass is 440 g/mol. The van der Waals surface area contributed by atoms with E-state index in [0.717, 1.165) is 11.1 Å². The van der Waals surface area contributed by atoms with E-state index in [2.05, 4.69) is 20.5 Å². The third kappa shape index (κ3) is 4.72. The fraction of sp³-hybridized carbons (Fsp3) is 0.143. The van der Waals surface area contributed by atoms with E-state index in [1.54, 1.807) is 12.3 Å². The van der Waals surface area contributed by atoms with E-state index in [-0.39, 0.29) is 12.5 Å². The van der Waals surface area contributed by atoms with Crippen LogP contribution in [0.3, 0.4) is 0 Å². The molecule has 0 radical (unpaired) electrons. The number of thioether (sulfide) groups is 1. The number of halogens is 1. The molecule has 1 aliphatic rings. The van der Waals surface area contributed by atoms with Gasteiger partial charge in [0, 0.05) is 5.56 Å². The third-order valence-corrected chi connectivity index (χ3v) is 5.41. The Labute approximate surface area is 182 Å². The summed E-state index contributed by atoms with van der Waals surface area (Å²) in [6, 6.07) is 14.8. The highest BCUT2D eigenvalue weighted by molar-refractivity contribution is 8.15. The molecule has 2 heterocycles. The minimum absolute atomic E-state index is 0.0724. The van der Waals surface area contributed by atoms with Gasteiger partial charge in [-0.25, -0.2) is 4.98 Å². The number of para-hydroxylation sites is 1. The van der Waals surface area contributed by atoms with Gasteiger partial charge in [0.05, 0.1) is 22.6 Å². The summed E-state index contributed by atoms with van der Waals surface area (Å²) in [5, 5.41) is 11.7. The molecule has 30 heavy (non-hydrogen) atoms. The quantitative estimate of drug-likeness (QED) is 0.452. The molecular weight excluding hydrogens is 424 g/mol. The first-order valence-electron chi connectivity index (χ1n) is 9.07. The van der Waals surface area contributed by atoms with E-state index < -0.39 is 0 Å². The van der Waals surface area contributed by atoms with Crippen LogP contribution in [0.1, 0.15) is 17.0 Å². The molecule has 0 spiro atoms. The Kier molecular flexibility index (Phi) is 6.15. The highest BCUT2D eigenvalue weighted by Gasteiger charge is 2.16. The van der Waals surface area contributed by atoms with Gasteiger partial charge in [-0.1, -0.05) is 47.6 Å². The number of oxazole rings is 1. The number of hydrogen-bond donors (Lipinski definition) is 1. The minimum Gasteiger partial charge on any atom is -0.486 e. The molecule has 1 fully saturated rings. The molecule has 0 unspecified atom stereocenters. The number of nitrogens with one attached hydrogen (secondary N) is 1. The largest absolute Gasteiger partial charge is 0.486 e. The van der Waals surface area contributed by atoms with Crippen LogP contribution >= 0.6 is 23.4 Å². The first-order valence-corrected chi connectivity index (χ1v) is 10.4. The van der Waals surface area contributed by atoms with Crippen molar-refractivity contribution in [2.24, 2.45) is 10.2 Å². The van der Waals surface area contributed by atoms with Crippen molar-refractivity contribution in [3.63, 3.8) is 0 Å². The number of amides is 1. The van der Waals surface area contributed by atoms with Gasteiger partial charge in [0.15, 0.2) is 5.17 Å². The maximum absolute atomic E-state index is 11.2. The lowest BCUT2D eigenvalue weighted by atomic mass is 10.2. The zero-order valence-corrected chi connectivity index (χ0v) is 17.5. The van der Waals surface area contributed by atoms with Gasteiger partial charge in [-0.2, -0.15) is 5.10 Å². The molecule has 1 aromatic heterocycles. The van der Waals surface area contributed by atoms with Crippen LogP contribution in [0.2, 0.25) is 5.02 Å². The fourth-order valence-corrected chi connectivity index (χ4v) is 3.55. The molecule has 4 rings (SSSR count). The molecule has 2 aromatic carbocycles. The van der Waals surface area contributed by atoms with Gasteiger partial charge in [-0.05, 0) is 31.2 Å². The summed E-state index contributed by atoms with van der Waals surface area (Å²) in [5.41, 5.74) is 2.17. The maximum atomic E-state index is 11.2. The fourth-order valence-electron chi connectivity index (χ4n) is 2.70. The topological polar surface area (TPSA) is 89.1 Å². The van der Waals surface area contributed by atoms with E-state index in [4.69, 9.17) is 20.8 Å². The van der Waals surface area contributed by atoms with Crippen LogP contribution in [-0.2, 0) is 11.4 Å². The zero-order valence-electron chi connectivity index (χ0n) is 16.0. The van der Waals surface area contributed by atoms with Crippen molar-refractivity contribution in [2.75, 3.05) is 5.75 Å². The van der Waals surface area contributed by atoms with Crippen LogP contribution in [0, 0.1) is 6.92 Å². The van der Waals surface area contributed by atoms with Crippen molar-refractivity contribution < 1.29 is 13.9 Å². The number of amidine groups is 1. The summed E-state index contributed by atoms with van der Waals surface area (Å²) in [5.74, 6) is 2.04. The Balaban J connectivity index is 1.47. The van der Waals surface area contributed by atoms with Gasteiger partial charge in [0.25, 0.3) is 0 Å². The number of hydrogen-bond acceptors (Lipinski definition) is 7. The molecule has 9 heteroatoms. The van der Waals surface area contributed by atoms with Crippen molar-refractivity contribution in [3.05, 3.63) is 70.6 Å². The first-order chi connectivity index (χ1) is 14.6. The number of aromatic nitrogens is 1. The Morgan fingerprint density at radius 1 is 1.27 bits per heavy atom. The number of benzene rings is 2. The van der Waals surface area contributed by atoms with Crippen LogP contribution in [0.25, 0.3) is 11.5 Å². The molecule has 0 bridgehead atoms. The van der Waals surface area contributed by atoms with Gasteiger partial charge < -0.3 is 14.5 Å². The molecule has 3 aromatic rings. The lowest BCUT2D eigenvalue weighted by molar-refractivity contribution is -0.116. The van der Waals surface area contributed by atoms with Gasteiger partial charge in [-0.15, -0.1) is 5.10 Å².